The minimum atomic E-state index is -0.708. The lowest BCUT2D eigenvalue weighted by atomic mass is 10.0. The number of nitrogens with two attached hydrogens (primary N) is 1. The van der Waals surface area contributed by atoms with Gasteiger partial charge < -0.3 is 10.8 Å². The van der Waals surface area contributed by atoms with E-state index in [2.05, 4.69) is 0 Å². The molecule has 1 aromatic rings. The molecule has 3 N–H and O–H groups in total. The number of hydrogen-bond acceptors (Lipinski definition) is 2. The first-order valence-corrected chi connectivity index (χ1v) is 4.28. The van der Waals surface area contributed by atoms with E-state index in [1.807, 2.05) is 0 Å². The van der Waals surface area contributed by atoms with E-state index < -0.39 is 18.0 Å². The summed E-state index contributed by atoms with van der Waals surface area (Å²) in [5.74, 6) is -0.518. The molecule has 0 radical (unpaired) electrons. The van der Waals surface area contributed by atoms with Gasteiger partial charge in [-0.25, -0.2) is 4.39 Å². The fraction of sp³-hybridized carbons (Fsp3) is 0.333. The van der Waals surface area contributed by atoms with E-state index in [4.69, 9.17) is 22.4 Å². The van der Waals surface area contributed by atoms with Crippen molar-refractivity contribution in [1.29, 1.82) is 0 Å². The summed E-state index contributed by atoms with van der Waals surface area (Å²) in [6.07, 6.45) is -0.708. The van der Waals surface area contributed by atoms with E-state index in [1.54, 1.807) is 13.0 Å². The zero-order chi connectivity index (χ0) is 10.0. The first-order valence-electron chi connectivity index (χ1n) is 3.91. The Bertz CT molecular complexity index is 304. The fourth-order valence-electron chi connectivity index (χ4n) is 0.998. The van der Waals surface area contributed by atoms with Gasteiger partial charge in [-0.3, -0.25) is 0 Å². The van der Waals surface area contributed by atoms with Gasteiger partial charge in [-0.05, 0) is 24.6 Å². The quantitative estimate of drug-likeness (QED) is 0.771. The van der Waals surface area contributed by atoms with Gasteiger partial charge in [0.05, 0.1) is 17.2 Å². The lowest BCUT2D eigenvalue weighted by Crippen LogP contribution is -2.23. The molecule has 13 heavy (non-hydrogen) atoms. The van der Waals surface area contributed by atoms with Gasteiger partial charge in [0.1, 0.15) is 5.82 Å². The van der Waals surface area contributed by atoms with Crippen LogP contribution in [-0.2, 0) is 0 Å². The van der Waals surface area contributed by atoms with Crippen molar-refractivity contribution in [2.75, 3.05) is 0 Å². The maximum atomic E-state index is 12.9. The molecule has 0 heterocycles. The van der Waals surface area contributed by atoms with Crippen LogP contribution in [0.15, 0.2) is 18.2 Å². The maximum absolute atomic E-state index is 12.9. The molecule has 1 aromatic carbocycles. The standard InChI is InChI=1S/C9H11ClFNO/c1-5(13)9(12)6-2-3-7(10)8(11)4-6/h2-5,9,13H,12H2,1H3/t5-,9-/m0/s1. The van der Waals surface area contributed by atoms with Gasteiger partial charge in [0, 0.05) is 0 Å². The maximum Gasteiger partial charge on any atom is 0.142 e. The van der Waals surface area contributed by atoms with Crippen LogP contribution in [0.4, 0.5) is 4.39 Å². The number of aliphatic hydroxyl groups excluding tert-OH is 1. The van der Waals surface area contributed by atoms with E-state index >= 15 is 0 Å². The average Bonchev–Trinajstić information content (AvgIpc) is 2.08. The summed E-state index contributed by atoms with van der Waals surface area (Å²) in [6, 6.07) is 3.68. The number of aliphatic hydroxyl groups is 1. The Labute approximate surface area is 81.1 Å². The fourth-order valence-corrected chi connectivity index (χ4v) is 1.12. The topological polar surface area (TPSA) is 46.2 Å². The molecule has 0 amide bonds. The van der Waals surface area contributed by atoms with E-state index in [0.717, 1.165) is 0 Å². The minimum absolute atomic E-state index is 0.0570. The molecule has 2 atom stereocenters. The monoisotopic (exact) mass is 203 g/mol. The summed E-state index contributed by atoms with van der Waals surface area (Å²) in [5, 5.41) is 9.21. The molecule has 2 nitrogen and oxygen atoms in total. The second-order valence-electron chi connectivity index (χ2n) is 2.94. The lowest BCUT2D eigenvalue weighted by molar-refractivity contribution is 0.164. The molecule has 4 heteroatoms. The van der Waals surface area contributed by atoms with Crippen LogP contribution in [0.3, 0.4) is 0 Å². The Kier molecular flexibility index (Phi) is 3.25. The molecular weight excluding hydrogens is 193 g/mol. The van der Waals surface area contributed by atoms with Crippen molar-refractivity contribution in [2.45, 2.75) is 19.1 Å². The zero-order valence-electron chi connectivity index (χ0n) is 7.17. The predicted molar refractivity (Wildman–Crippen MR) is 50.0 cm³/mol. The second-order valence-corrected chi connectivity index (χ2v) is 3.35. The molecule has 72 valence electrons. The molecule has 0 aliphatic carbocycles. The molecule has 0 unspecified atom stereocenters. The van der Waals surface area contributed by atoms with Crippen LogP contribution in [-0.4, -0.2) is 11.2 Å². The van der Waals surface area contributed by atoms with Crippen LogP contribution < -0.4 is 5.73 Å². The highest BCUT2D eigenvalue weighted by Gasteiger charge is 2.13. The summed E-state index contributed by atoms with van der Waals surface area (Å²) in [5.41, 5.74) is 6.14. The van der Waals surface area contributed by atoms with Crippen LogP contribution in [0.5, 0.6) is 0 Å². The van der Waals surface area contributed by atoms with Gasteiger partial charge in [0.25, 0.3) is 0 Å². The number of halogens is 2. The van der Waals surface area contributed by atoms with Gasteiger partial charge >= 0.3 is 0 Å². The SMILES string of the molecule is C[C@H](O)[C@H](N)c1ccc(Cl)c(F)c1. The van der Waals surface area contributed by atoms with Crippen LogP contribution in [0, 0.1) is 5.82 Å². The van der Waals surface area contributed by atoms with E-state index in [1.165, 1.54) is 12.1 Å². The normalized spacial score (nSPS) is 15.5. The molecule has 0 aliphatic heterocycles. The first-order chi connectivity index (χ1) is 6.02. The third-order valence-electron chi connectivity index (χ3n) is 1.85. The van der Waals surface area contributed by atoms with Crippen molar-refractivity contribution in [3.05, 3.63) is 34.6 Å². The highest BCUT2D eigenvalue weighted by Crippen LogP contribution is 2.20. The summed E-state index contributed by atoms with van der Waals surface area (Å²) in [7, 11) is 0. The number of rotatable bonds is 2. The molecule has 0 aromatic heterocycles. The summed E-state index contributed by atoms with van der Waals surface area (Å²) in [6.45, 7) is 1.55. The third kappa shape index (κ3) is 2.40. The molecular formula is C9H11ClFNO. The lowest BCUT2D eigenvalue weighted by Gasteiger charge is -2.14. The van der Waals surface area contributed by atoms with Crippen LogP contribution >= 0.6 is 11.6 Å². The Morgan fingerprint density at radius 2 is 2.15 bits per heavy atom. The van der Waals surface area contributed by atoms with Gasteiger partial charge in [0.15, 0.2) is 0 Å². The van der Waals surface area contributed by atoms with Crippen molar-refractivity contribution in [3.63, 3.8) is 0 Å². The molecule has 0 saturated heterocycles. The molecule has 0 aliphatic rings. The molecule has 1 rings (SSSR count). The minimum Gasteiger partial charge on any atom is -0.391 e. The van der Waals surface area contributed by atoms with Gasteiger partial charge in [0.2, 0.25) is 0 Å². The third-order valence-corrected chi connectivity index (χ3v) is 2.15. The Hall–Kier alpha value is -0.640. The van der Waals surface area contributed by atoms with Crippen molar-refractivity contribution in [3.8, 4) is 0 Å². The average molecular weight is 204 g/mol. The first kappa shape index (κ1) is 10.4. The highest BCUT2D eigenvalue weighted by atomic mass is 35.5. The van der Waals surface area contributed by atoms with Gasteiger partial charge in [-0.15, -0.1) is 0 Å². The largest absolute Gasteiger partial charge is 0.391 e. The predicted octanol–water partition coefficient (Wildman–Crippen LogP) is 1.86. The van der Waals surface area contributed by atoms with E-state index in [9.17, 15) is 4.39 Å². The van der Waals surface area contributed by atoms with Gasteiger partial charge in [-0.2, -0.15) is 0 Å². The summed E-state index contributed by atoms with van der Waals surface area (Å²) >= 11 is 5.49. The Morgan fingerprint density at radius 3 is 2.62 bits per heavy atom. The highest BCUT2D eigenvalue weighted by molar-refractivity contribution is 6.30. The zero-order valence-corrected chi connectivity index (χ0v) is 7.92. The Balaban J connectivity index is 2.97. The molecule has 0 fully saturated rings. The van der Waals surface area contributed by atoms with E-state index in [-0.39, 0.29) is 5.02 Å². The van der Waals surface area contributed by atoms with Crippen LogP contribution in [0.2, 0.25) is 5.02 Å². The Morgan fingerprint density at radius 1 is 1.54 bits per heavy atom. The van der Waals surface area contributed by atoms with Crippen molar-refractivity contribution in [1.82, 2.24) is 0 Å². The smallest absolute Gasteiger partial charge is 0.142 e. The van der Waals surface area contributed by atoms with Crippen LogP contribution in [0.25, 0.3) is 0 Å². The number of hydrogen-bond donors (Lipinski definition) is 2. The van der Waals surface area contributed by atoms with Crippen molar-refractivity contribution in [2.24, 2.45) is 5.73 Å². The van der Waals surface area contributed by atoms with Crippen LogP contribution in [0.1, 0.15) is 18.5 Å². The summed E-state index contributed by atoms with van der Waals surface area (Å²) < 4.78 is 12.9. The molecule has 0 saturated carbocycles. The van der Waals surface area contributed by atoms with Crippen molar-refractivity contribution >= 4 is 11.6 Å². The molecule has 0 spiro atoms. The van der Waals surface area contributed by atoms with Crippen molar-refractivity contribution < 1.29 is 9.50 Å². The van der Waals surface area contributed by atoms with E-state index in [0.29, 0.717) is 5.56 Å². The second kappa shape index (κ2) is 4.05. The summed E-state index contributed by atoms with van der Waals surface area (Å²) in [4.78, 5) is 0. The molecule has 0 bridgehead atoms. The number of benzene rings is 1. The van der Waals surface area contributed by atoms with Gasteiger partial charge in [-0.1, -0.05) is 17.7 Å².